The van der Waals surface area contributed by atoms with E-state index >= 15 is 0 Å². The highest BCUT2D eigenvalue weighted by Gasteiger charge is 2.34. The summed E-state index contributed by atoms with van der Waals surface area (Å²) < 4.78 is 12.4. The summed E-state index contributed by atoms with van der Waals surface area (Å²) in [5.41, 5.74) is 2.77. The van der Waals surface area contributed by atoms with Crippen molar-refractivity contribution in [1.29, 1.82) is 0 Å². The van der Waals surface area contributed by atoms with Gasteiger partial charge >= 0.3 is 0 Å². The van der Waals surface area contributed by atoms with Crippen molar-refractivity contribution < 1.29 is 19.1 Å². The van der Waals surface area contributed by atoms with Crippen LogP contribution in [0.15, 0.2) is 47.7 Å². The van der Waals surface area contributed by atoms with Crippen molar-refractivity contribution in [2.45, 2.75) is 25.8 Å². The molecule has 2 amide bonds. The molecule has 0 saturated carbocycles. The standard InChI is InChI=1S/C23H30N4O4/c1-5-22(28)26(13-14-30-3)16-23(29)27-21(17-8-10-18(31-4)11-9-17)15-19(24-27)20-7-6-12-25(20)2/h6-12,21H,5,13-16H2,1-4H3. The van der Waals surface area contributed by atoms with E-state index in [-0.39, 0.29) is 24.4 Å². The summed E-state index contributed by atoms with van der Waals surface area (Å²) in [5.74, 6) is 0.447. The highest BCUT2D eigenvalue weighted by atomic mass is 16.5. The number of ether oxygens (including phenoxy) is 2. The minimum Gasteiger partial charge on any atom is -0.497 e. The zero-order valence-corrected chi connectivity index (χ0v) is 18.6. The molecule has 31 heavy (non-hydrogen) atoms. The van der Waals surface area contributed by atoms with Crippen LogP contribution in [0.25, 0.3) is 0 Å². The van der Waals surface area contributed by atoms with Crippen LogP contribution in [0.4, 0.5) is 0 Å². The van der Waals surface area contributed by atoms with E-state index in [1.165, 1.54) is 9.91 Å². The van der Waals surface area contributed by atoms with E-state index in [0.717, 1.165) is 22.7 Å². The summed E-state index contributed by atoms with van der Waals surface area (Å²) >= 11 is 0. The van der Waals surface area contributed by atoms with E-state index in [4.69, 9.17) is 9.47 Å². The Balaban J connectivity index is 1.88. The van der Waals surface area contributed by atoms with Gasteiger partial charge in [0, 0.05) is 39.7 Å². The van der Waals surface area contributed by atoms with Gasteiger partial charge in [-0.1, -0.05) is 19.1 Å². The lowest BCUT2D eigenvalue weighted by atomic mass is 10.0. The van der Waals surface area contributed by atoms with Crippen molar-refractivity contribution in [3.63, 3.8) is 0 Å². The predicted octanol–water partition coefficient (Wildman–Crippen LogP) is 2.60. The Morgan fingerprint density at radius 3 is 2.52 bits per heavy atom. The minimum atomic E-state index is -0.246. The first kappa shape index (κ1) is 22.6. The number of nitrogens with zero attached hydrogens (tertiary/aromatic N) is 4. The molecule has 0 N–H and O–H groups in total. The fourth-order valence-corrected chi connectivity index (χ4v) is 3.69. The number of hydrazone groups is 1. The molecule has 1 unspecified atom stereocenters. The van der Waals surface area contributed by atoms with Gasteiger partial charge in [0.25, 0.3) is 5.91 Å². The SMILES string of the molecule is CCC(=O)N(CCOC)CC(=O)N1N=C(c2cccn2C)CC1c1ccc(OC)cc1. The van der Waals surface area contributed by atoms with Crippen LogP contribution in [-0.2, 0) is 21.4 Å². The zero-order valence-electron chi connectivity index (χ0n) is 18.6. The third kappa shape index (κ3) is 5.14. The van der Waals surface area contributed by atoms with Crippen molar-refractivity contribution in [2.75, 3.05) is 33.9 Å². The lowest BCUT2D eigenvalue weighted by Crippen LogP contribution is -2.42. The van der Waals surface area contributed by atoms with Crippen molar-refractivity contribution >= 4 is 17.5 Å². The molecule has 0 fully saturated rings. The van der Waals surface area contributed by atoms with Gasteiger partial charge in [-0.25, -0.2) is 5.01 Å². The smallest absolute Gasteiger partial charge is 0.262 e. The topological polar surface area (TPSA) is 76.4 Å². The lowest BCUT2D eigenvalue weighted by molar-refractivity contribution is -0.141. The summed E-state index contributed by atoms with van der Waals surface area (Å²) in [6.07, 6.45) is 2.88. The first-order chi connectivity index (χ1) is 15.0. The van der Waals surface area contributed by atoms with E-state index in [9.17, 15) is 9.59 Å². The fourth-order valence-electron chi connectivity index (χ4n) is 3.69. The molecule has 166 valence electrons. The lowest BCUT2D eigenvalue weighted by Gasteiger charge is -2.26. The van der Waals surface area contributed by atoms with Gasteiger partial charge in [0.15, 0.2) is 0 Å². The highest BCUT2D eigenvalue weighted by molar-refractivity contribution is 6.02. The normalized spacial score (nSPS) is 15.7. The Kier molecular flexibility index (Phi) is 7.46. The number of hydrogen-bond donors (Lipinski definition) is 0. The van der Waals surface area contributed by atoms with Crippen LogP contribution in [-0.4, -0.2) is 65.9 Å². The number of rotatable bonds is 9. The molecule has 3 rings (SSSR count). The molecule has 2 heterocycles. The van der Waals surface area contributed by atoms with Gasteiger partial charge in [0.2, 0.25) is 5.91 Å². The number of benzene rings is 1. The summed E-state index contributed by atoms with van der Waals surface area (Å²) in [4.78, 5) is 27.2. The maximum absolute atomic E-state index is 13.3. The van der Waals surface area contributed by atoms with Crippen LogP contribution in [0.1, 0.15) is 37.1 Å². The summed E-state index contributed by atoms with van der Waals surface area (Å²) in [7, 11) is 5.15. The Morgan fingerprint density at radius 2 is 1.94 bits per heavy atom. The molecule has 0 bridgehead atoms. The van der Waals surface area contributed by atoms with Gasteiger partial charge < -0.3 is 18.9 Å². The fraction of sp³-hybridized carbons (Fsp3) is 0.435. The second kappa shape index (κ2) is 10.3. The second-order valence-corrected chi connectivity index (χ2v) is 7.44. The first-order valence-electron chi connectivity index (χ1n) is 10.4. The maximum Gasteiger partial charge on any atom is 0.262 e. The van der Waals surface area contributed by atoms with E-state index < -0.39 is 0 Å². The first-order valence-corrected chi connectivity index (χ1v) is 10.4. The molecular weight excluding hydrogens is 396 g/mol. The van der Waals surface area contributed by atoms with E-state index in [1.807, 2.05) is 54.2 Å². The van der Waals surface area contributed by atoms with Crippen LogP contribution < -0.4 is 4.74 Å². The maximum atomic E-state index is 13.3. The van der Waals surface area contributed by atoms with Gasteiger partial charge in [0.05, 0.1) is 31.2 Å². The Labute approximate surface area is 183 Å². The summed E-state index contributed by atoms with van der Waals surface area (Å²) in [6, 6.07) is 11.4. The second-order valence-electron chi connectivity index (χ2n) is 7.44. The van der Waals surface area contributed by atoms with Gasteiger partial charge in [-0.15, -0.1) is 0 Å². The third-order valence-corrected chi connectivity index (χ3v) is 5.45. The molecule has 0 spiro atoms. The van der Waals surface area contributed by atoms with Crippen LogP contribution in [0.2, 0.25) is 0 Å². The van der Waals surface area contributed by atoms with Crippen molar-refractivity contribution in [3.8, 4) is 5.75 Å². The van der Waals surface area contributed by atoms with Gasteiger partial charge in [-0.05, 0) is 29.8 Å². The largest absolute Gasteiger partial charge is 0.497 e. The van der Waals surface area contributed by atoms with E-state index in [2.05, 4.69) is 5.10 Å². The number of aryl methyl sites for hydroxylation is 1. The average Bonchev–Trinajstić information content (AvgIpc) is 3.42. The van der Waals surface area contributed by atoms with Crippen molar-refractivity contribution in [2.24, 2.45) is 12.1 Å². The Hall–Kier alpha value is -3.13. The number of hydrogen-bond acceptors (Lipinski definition) is 5. The molecule has 0 aliphatic carbocycles. The van der Waals surface area contributed by atoms with Crippen LogP contribution in [0.5, 0.6) is 5.75 Å². The Bertz CT molecular complexity index is 935. The monoisotopic (exact) mass is 426 g/mol. The van der Waals surface area contributed by atoms with Crippen molar-refractivity contribution in [1.82, 2.24) is 14.5 Å². The molecule has 1 aromatic carbocycles. The van der Waals surface area contributed by atoms with Crippen molar-refractivity contribution in [3.05, 3.63) is 53.9 Å². The molecular formula is C23H30N4O4. The molecule has 8 heteroatoms. The number of amides is 2. The van der Waals surface area contributed by atoms with Gasteiger partial charge in [0.1, 0.15) is 12.3 Å². The Morgan fingerprint density at radius 1 is 1.19 bits per heavy atom. The molecule has 1 aromatic heterocycles. The minimum absolute atomic E-state index is 0.0351. The molecule has 8 nitrogen and oxygen atoms in total. The third-order valence-electron chi connectivity index (χ3n) is 5.45. The van der Waals surface area contributed by atoms with Gasteiger partial charge in [-0.2, -0.15) is 5.10 Å². The quantitative estimate of drug-likeness (QED) is 0.618. The number of carbonyl (C=O) groups is 2. The zero-order chi connectivity index (χ0) is 22.4. The summed E-state index contributed by atoms with van der Waals surface area (Å²) in [5, 5.41) is 6.21. The average molecular weight is 427 g/mol. The molecule has 1 aliphatic heterocycles. The highest BCUT2D eigenvalue weighted by Crippen LogP contribution is 2.33. The van der Waals surface area contributed by atoms with Crippen LogP contribution in [0, 0.1) is 0 Å². The molecule has 1 aliphatic rings. The number of methoxy groups -OCH3 is 2. The summed E-state index contributed by atoms with van der Waals surface area (Å²) in [6.45, 7) is 2.49. The molecule has 0 saturated heterocycles. The molecule has 1 atom stereocenters. The number of carbonyl (C=O) groups excluding carboxylic acids is 2. The van der Waals surface area contributed by atoms with Gasteiger partial charge in [-0.3, -0.25) is 9.59 Å². The van der Waals surface area contributed by atoms with Crippen LogP contribution in [0.3, 0.4) is 0 Å². The predicted molar refractivity (Wildman–Crippen MR) is 118 cm³/mol. The van der Waals surface area contributed by atoms with E-state index in [0.29, 0.717) is 26.0 Å². The van der Waals surface area contributed by atoms with Crippen LogP contribution >= 0.6 is 0 Å². The molecule has 0 radical (unpaired) electrons. The van der Waals surface area contributed by atoms with E-state index in [1.54, 1.807) is 21.1 Å². The number of aromatic nitrogens is 1. The molecule has 2 aromatic rings.